The molecule has 39 heavy (non-hydrogen) atoms. The number of nitrogens with one attached hydrogen (secondary N) is 2. The Morgan fingerprint density at radius 3 is 2.49 bits per heavy atom. The third-order valence-electron chi connectivity index (χ3n) is 6.02. The van der Waals surface area contributed by atoms with E-state index in [0.717, 1.165) is 16.7 Å². The molecule has 3 aromatic carbocycles. The number of methoxy groups -OCH3 is 1. The molecule has 0 spiro atoms. The fourth-order valence-corrected chi connectivity index (χ4v) is 3.95. The normalized spacial score (nSPS) is 10.5. The highest BCUT2D eigenvalue weighted by Gasteiger charge is 2.16. The quantitative estimate of drug-likeness (QED) is 0.257. The van der Waals surface area contributed by atoms with Gasteiger partial charge in [0.25, 0.3) is 5.91 Å². The third-order valence-corrected chi connectivity index (χ3v) is 6.02. The van der Waals surface area contributed by atoms with E-state index in [-0.39, 0.29) is 5.91 Å². The first-order valence-corrected chi connectivity index (χ1v) is 12.2. The van der Waals surface area contributed by atoms with Gasteiger partial charge in [0.15, 0.2) is 5.82 Å². The maximum Gasteiger partial charge on any atom is 0.255 e. The van der Waals surface area contributed by atoms with Crippen molar-refractivity contribution in [3.05, 3.63) is 103 Å². The number of amides is 1. The Balaban J connectivity index is 1.42. The van der Waals surface area contributed by atoms with Crippen LogP contribution in [0.4, 0.5) is 11.6 Å². The van der Waals surface area contributed by atoms with E-state index in [0.29, 0.717) is 46.0 Å². The molecule has 0 fully saturated rings. The molecule has 0 aliphatic rings. The predicted molar refractivity (Wildman–Crippen MR) is 150 cm³/mol. The van der Waals surface area contributed by atoms with Crippen LogP contribution >= 0.6 is 0 Å². The van der Waals surface area contributed by atoms with E-state index in [4.69, 9.17) is 9.47 Å². The molecule has 0 unspecified atom stereocenters. The lowest BCUT2D eigenvalue weighted by atomic mass is 10.0. The van der Waals surface area contributed by atoms with Crippen LogP contribution in [0.25, 0.3) is 22.5 Å². The molecular weight excluding hydrogens is 492 g/mol. The van der Waals surface area contributed by atoms with Crippen LogP contribution in [-0.2, 0) is 0 Å². The lowest BCUT2D eigenvalue weighted by Crippen LogP contribution is -2.13. The van der Waals surface area contributed by atoms with E-state index in [1.165, 1.54) is 6.33 Å². The molecule has 0 radical (unpaired) electrons. The van der Waals surface area contributed by atoms with Crippen molar-refractivity contribution >= 4 is 17.5 Å². The molecular formula is C30H26N6O3. The van der Waals surface area contributed by atoms with E-state index < -0.39 is 0 Å². The van der Waals surface area contributed by atoms with Crippen molar-refractivity contribution in [1.82, 2.24) is 19.9 Å². The number of carbonyl (C=O) groups excluding carboxylic acids is 1. The molecule has 5 aromatic rings. The van der Waals surface area contributed by atoms with Crippen LogP contribution in [0.15, 0.2) is 91.4 Å². The van der Waals surface area contributed by atoms with Crippen LogP contribution in [0, 0.1) is 6.92 Å². The summed E-state index contributed by atoms with van der Waals surface area (Å²) in [6.45, 7) is 1.90. The van der Waals surface area contributed by atoms with Gasteiger partial charge in [0.2, 0.25) is 11.8 Å². The minimum atomic E-state index is -0.305. The van der Waals surface area contributed by atoms with Gasteiger partial charge >= 0.3 is 0 Å². The summed E-state index contributed by atoms with van der Waals surface area (Å²) in [5.41, 5.74) is 4.40. The number of carbonyl (C=O) groups is 1. The lowest BCUT2D eigenvalue weighted by molar-refractivity contribution is 0.102. The number of ether oxygens (including phenoxy) is 2. The monoisotopic (exact) mass is 518 g/mol. The Morgan fingerprint density at radius 1 is 0.846 bits per heavy atom. The maximum absolute atomic E-state index is 13.3. The molecule has 9 nitrogen and oxygen atoms in total. The van der Waals surface area contributed by atoms with Gasteiger partial charge < -0.3 is 20.1 Å². The first-order valence-electron chi connectivity index (χ1n) is 12.2. The average Bonchev–Trinajstić information content (AvgIpc) is 2.99. The van der Waals surface area contributed by atoms with E-state index in [2.05, 4.69) is 30.6 Å². The zero-order valence-electron chi connectivity index (χ0n) is 21.7. The summed E-state index contributed by atoms with van der Waals surface area (Å²) in [6, 6.07) is 24.5. The van der Waals surface area contributed by atoms with Gasteiger partial charge in [0.05, 0.1) is 18.4 Å². The molecule has 5 rings (SSSR count). The van der Waals surface area contributed by atoms with E-state index >= 15 is 0 Å². The van der Waals surface area contributed by atoms with Gasteiger partial charge in [-0.05, 0) is 60.0 Å². The summed E-state index contributed by atoms with van der Waals surface area (Å²) >= 11 is 0. The molecule has 2 heterocycles. The Kier molecular flexibility index (Phi) is 7.40. The minimum absolute atomic E-state index is 0.305. The van der Waals surface area contributed by atoms with Crippen molar-refractivity contribution in [2.75, 3.05) is 24.8 Å². The van der Waals surface area contributed by atoms with Crippen molar-refractivity contribution in [2.45, 2.75) is 6.92 Å². The number of pyridine rings is 1. The lowest BCUT2D eigenvalue weighted by Gasteiger charge is -2.14. The average molecular weight is 519 g/mol. The van der Waals surface area contributed by atoms with Gasteiger partial charge in [0.1, 0.15) is 17.8 Å². The second-order valence-electron chi connectivity index (χ2n) is 8.56. The van der Waals surface area contributed by atoms with Gasteiger partial charge in [-0.3, -0.25) is 4.79 Å². The molecule has 0 aliphatic heterocycles. The molecule has 0 saturated heterocycles. The predicted octanol–water partition coefficient (Wildman–Crippen LogP) is 6.00. The first-order chi connectivity index (χ1) is 19.1. The SMILES string of the molecule is CNc1ncnc(-c2cccnc2Oc2cc(C(=O)Nc3cc(-c4ccccc4)ccc3OC)ccc2C)n1. The number of aromatic nitrogens is 4. The summed E-state index contributed by atoms with van der Waals surface area (Å²) in [5.74, 6) is 1.88. The van der Waals surface area contributed by atoms with E-state index in [1.54, 1.807) is 38.6 Å². The number of nitrogens with zero attached hydrogens (tertiary/aromatic N) is 4. The van der Waals surface area contributed by atoms with Crippen molar-refractivity contribution in [3.63, 3.8) is 0 Å². The molecule has 0 saturated carbocycles. The van der Waals surface area contributed by atoms with Gasteiger partial charge in [-0.15, -0.1) is 0 Å². The summed E-state index contributed by atoms with van der Waals surface area (Å²) in [7, 11) is 3.30. The third kappa shape index (κ3) is 5.67. The smallest absolute Gasteiger partial charge is 0.255 e. The largest absolute Gasteiger partial charge is 0.495 e. The molecule has 0 bridgehead atoms. The van der Waals surface area contributed by atoms with Gasteiger partial charge in [-0.1, -0.05) is 42.5 Å². The number of hydrogen-bond acceptors (Lipinski definition) is 8. The molecule has 1 amide bonds. The van der Waals surface area contributed by atoms with Crippen LogP contribution < -0.4 is 20.1 Å². The molecule has 0 aliphatic carbocycles. The zero-order valence-corrected chi connectivity index (χ0v) is 21.7. The van der Waals surface area contributed by atoms with Crippen molar-refractivity contribution in [2.24, 2.45) is 0 Å². The van der Waals surface area contributed by atoms with Crippen molar-refractivity contribution < 1.29 is 14.3 Å². The first kappa shape index (κ1) is 25.3. The van der Waals surface area contributed by atoms with Gasteiger partial charge in [0, 0.05) is 18.8 Å². The highest BCUT2D eigenvalue weighted by Crippen LogP contribution is 2.33. The van der Waals surface area contributed by atoms with Crippen LogP contribution in [0.3, 0.4) is 0 Å². The Bertz CT molecular complexity index is 1620. The highest BCUT2D eigenvalue weighted by molar-refractivity contribution is 6.05. The number of aryl methyl sites for hydroxylation is 1. The molecule has 2 N–H and O–H groups in total. The number of hydrogen-bond donors (Lipinski definition) is 2. The van der Waals surface area contributed by atoms with Gasteiger partial charge in [-0.25, -0.2) is 15.0 Å². The highest BCUT2D eigenvalue weighted by atomic mass is 16.5. The second kappa shape index (κ2) is 11.4. The van der Waals surface area contributed by atoms with Crippen LogP contribution in [0.2, 0.25) is 0 Å². The van der Waals surface area contributed by atoms with E-state index in [1.807, 2.05) is 67.6 Å². The fourth-order valence-electron chi connectivity index (χ4n) is 3.95. The number of benzene rings is 3. The fraction of sp³-hybridized carbons (Fsp3) is 0.100. The second-order valence-corrected chi connectivity index (χ2v) is 8.56. The van der Waals surface area contributed by atoms with Gasteiger partial charge in [-0.2, -0.15) is 4.98 Å². The summed E-state index contributed by atoms with van der Waals surface area (Å²) < 4.78 is 11.7. The molecule has 9 heteroatoms. The Morgan fingerprint density at radius 2 is 1.69 bits per heavy atom. The maximum atomic E-state index is 13.3. The van der Waals surface area contributed by atoms with Crippen LogP contribution in [-0.4, -0.2) is 40.0 Å². The Labute approximate surface area is 225 Å². The summed E-state index contributed by atoms with van der Waals surface area (Å²) in [6.07, 6.45) is 3.04. The molecule has 0 atom stereocenters. The summed E-state index contributed by atoms with van der Waals surface area (Å²) in [5, 5.41) is 5.88. The van der Waals surface area contributed by atoms with Crippen LogP contribution in [0.1, 0.15) is 15.9 Å². The standard InChI is InChI=1S/C30H26N6O3/c1-19-11-12-22(28(37)35-24-16-21(13-14-25(24)38-3)20-8-5-4-6-9-20)17-26(19)39-29-23(10-7-15-32-29)27-33-18-34-30(31-2)36-27/h4-18H,1-3H3,(H,35,37)(H,31,33,34,36). The minimum Gasteiger partial charge on any atom is -0.495 e. The molecule has 194 valence electrons. The van der Waals surface area contributed by atoms with E-state index in [9.17, 15) is 4.79 Å². The Hall–Kier alpha value is -5.31. The van der Waals surface area contributed by atoms with Crippen molar-refractivity contribution in [1.29, 1.82) is 0 Å². The number of anilines is 2. The zero-order chi connectivity index (χ0) is 27.2. The van der Waals surface area contributed by atoms with Crippen LogP contribution in [0.5, 0.6) is 17.4 Å². The topological polar surface area (TPSA) is 111 Å². The molecule has 2 aromatic heterocycles. The van der Waals surface area contributed by atoms with Crippen molar-refractivity contribution in [3.8, 4) is 39.9 Å². The summed E-state index contributed by atoms with van der Waals surface area (Å²) in [4.78, 5) is 30.4. The number of rotatable bonds is 8.